The van der Waals surface area contributed by atoms with Gasteiger partial charge >= 0.3 is 0 Å². The van der Waals surface area contributed by atoms with Crippen molar-refractivity contribution in [3.63, 3.8) is 0 Å². The van der Waals surface area contributed by atoms with Crippen LogP contribution >= 0.6 is 0 Å². The molecule has 0 N–H and O–H groups in total. The van der Waals surface area contributed by atoms with Crippen molar-refractivity contribution in [3.8, 4) is 5.75 Å². The minimum Gasteiger partial charge on any atom is -0.488 e. The number of hydrogen-bond donors (Lipinski definition) is 0. The van der Waals surface area contributed by atoms with Crippen molar-refractivity contribution in [2.24, 2.45) is 0 Å². The third-order valence-electron chi connectivity index (χ3n) is 4.78. The summed E-state index contributed by atoms with van der Waals surface area (Å²) in [6.45, 7) is 3.96. The van der Waals surface area contributed by atoms with Gasteiger partial charge in [-0.05, 0) is 36.8 Å². The van der Waals surface area contributed by atoms with Gasteiger partial charge in [0.15, 0.2) is 0 Å². The minimum absolute atomic E-state index is 0.0991. The van der Waals surface area contributed by atoms with Gasteiger partial charge in [-0.15, -0.1) is 0 Å². The highest BCUT2D eigenvalue weighted by molar-refractivity contribution is 7.90. The first-order valence-corrected chi connectivity index (χ1v) is 11.2. The van der Waals surface area contributed by atoms with Crippen molar-refractivity contribution >= 4 is 26.5 Å². The van der Waals surface area contributed by atoms with Gasteiger partial charge in [0.25, 0.3) is 5.91 Å². The van der Waals surface area contributed by atoms with Gasteiger partial charge in [0.05, 0.1) is 22.6 Å². The van der Waals surface area contributed by atoms with Gasteiger partial charge in [-0.1, -0.05) is 29.4 Å². The number of carbonyl (C=O) groups excluding carboxylic acids is 1. The molecule has 2 aromatic carbocycles. The zero-order valence-corrected chi connectivity index (χ0v) is 17.7. The first-order chi connectivity index (χ1) is 13.7. The quantitative estimate of drug-likeness (QED) is 0.588. The largest absolute Gasteiger partial charge is 0.488 e. The summed E-state index contributed by atoms with van der Waals surface area (Å²) in [6, 6.07) is 11.3. The zero-order valence-electron chi connectivity index (χ0n) is 16.9. The van der Waals surface area contributed by atoms with E-state index in [-0.39, 0.29) is 24.8 Å². The smallest absolute Gasteiger partial charge is 0.257 e. The van der Waals surface area contributed by atoms with Crippen molar-refractivity contribution < 1.29 is 22.5 Å². The molecular formula is C21H24N2O5S. The molecule has 0 aliphatic heterocycles. The number of ether oxygens (including phenoxy) is 1. The van der Waals surface area contributed by atoms with Crippen LogP contribution in [0.25, 0.3) is 10.8 Å². The number of hydrogen-bond acceptors (Lipinski definition) is 6. The number of nitrogens with zero attached hydrogens (tertiary/aromatic N) is 2. The SMILES string of the molecule is Cc1noc(C)c1COc1cc2ccccc2cc1C(=O)N(C)CCS(C)(=O)=O. The lowest BCUT2D eigenvalue weighted by Crippen LogP contribution is -2.31. The second-order valence-electron chi connectivity index (χ2n) is 7.14. The summed E-state index contributed by atoms with van der Waals surface area (Å²) in [5, 5.41) is 5.77. The Balaban J connectivity index is 1.93. The maximum Gasteiger partial charge on any atom is 0.257 e. The van der Waals surface area contributed by atoms with Crippen LogP contribution in [0.15, 0.2) is 40.9 Å². The second kappa shape index (κ2) is 8.24. The number of fused-ring (bicyclic) bond motifs is 1. The third-order valence-corrected chi connectivity index (χ3v) is 5.70. The molecule has 0 atom stereocenters. The number of sulfone groups is 1. The Hall–Kier alpha value is -2.87. The van der Waals surface area contributed by atoms with E-state index in [1.165, 1.54) is 4.90 Å². The molecule has 8 heteroatoms. The molecule has 0 saturated carbocycles. The van der Waals surface area contributed by atoms with Gasteiger partial charge in [0.1, 0.15) is 28.0 Å². The predicted molar refractivity (Wildman–Crippen MR) is 111 cm³/mol. The van der Waals surface area contributed by atoms with E-state index in [0.29, 0.717) is 17.1 Å². The van der Waals surface area contributed by atoms with E-state index < -0.39 is 9.84 Å². The number of rotatable bonds is 7. The molecule has 7 nitrogen and oxygen atoms in total. The van der Waals surface area contributed by atoms with Gasteiger partial charge in [-0.2, -0.15) is 0 Å². The lowest BCUT2D eigenvalue weighted by atomic mass is 10.0. The molecule has 29 heavy (non-hydrogen) atoms. The number of aryl methyl sites for hydroxylation is 2. The van der Waals surface area contributed by atoms with Gasteiger partial charge < -0.3 is 14.2 Å². The van der Waals surface area contributed by atoms with Crippen molar-refractivity contribution in [2.75, 3.05) is 25.6 Å². The Morgan fingerprint density at radius 2 is 1.83 bits per heavy atom. The lowest BCUT2D eigenvalue weighted by Gasteiger charge is -2.19. The van der Waals surface area contributed by atoms with E-state index in [1.807, 2.05) is 44.2 Å². The summed E-state index contributed by atoms with van der Waals surface area (Å²) in [4.78, 5) is 14.4. The number of benzene rings is 2. The van der Waals surface area contributed by atoms with Crippen molar-refractivity contribution in [3.05, 3.63) is 59.0 Å². The van der Waals surface area contributed by atoms with E-state index in [4.69, 9.17) is 9.26 Å². The zero-order chi connectivity index (χ0) is 21.2. The van der Waals surface area contributed by atoms with Crippen LogP contribution in [-0.2, 0) is 16.4 Å². The number of carbonyl (C=O) groups is 1. The number of aromatic nitrogens is 1. The molecule has 0 fully saturated rings. The first kappa shape index (κ1) is 20.9. The van der Waals surface area contributed by atoms with E-state index in [9.17, 15) is 13.2 Å². The van der Waals surface area contributed by atoms with Crippen LogP contribution in [0, 0.1) is 13.8 Å². The average molecular weight is 416 g/mol. The molecule has 3 aromatic rings. The fourth-order valence-corrected chi connectivity index (χ4v) is 3.58. The van der Waals surface area contributed by atoms with E-state index in [1.54, 1.807) is 13.1 Å². The molecule has 0 bridgehead atoms. The van der Waals surface area contributed by atoms with Gasteiger partial charge in [-0.25, -0.2) is 8.42 Å². The van der Waals surface area contributed by atoms with Crippen molar-refractivity contribution in [2.45, 2.75) is 20.5 Å². The third kappa shape index (κ3) is 4.95. The molecule has 0 saturated heterocycles. The Labute approximate surface area is 170 Å². The standard InChI is InChI=1S/C21H24N2O5S/c1-14-19(15(2)28-22-14)13-27-20-12-17-8-6-5-7-16(17)11-18(20)21(24)23(3)9-10-29(4,25)26/h5-8,11-12H,9-10,13H2,1-4H3. The maximum absolute atomic E-state index is 13.0. The summed E-state index contributed by atoms with van der Waals surface area (Å²) in [5.74, 6) is 0.701. The average Bonchev–Trinajstić information content (AvgIpc) is 3.00. The van der Waals surface area contributed by atoms with Crippen LogP contribution in [-0.4, -0.2) is 50.0 Å². The molecule has 3 rings (SSSR count). The normalized spacial score (nSPS) is 11.6. The summed E-state index contributed by atoms with van der Waals surface area (Å²) >= 11 is 0. The molecule has 0 aliphatic carbocycles. The van der Waals surface area contributed by atoms with Crippen LogP contribution in [0.4, 0.5) is 0 Å². The van der Waals surface area contributed by atoms with Crippen LogP contribution < -0.4 is 4.74 Å². The highest BCUT2D eigenvalue weighted by Crippen LogP contribution is 2.28. The van der Waals surface area contributed by atoms with E-state index in [2.05, 4.69) is 5.16 Å². The lowest BCUT2D eigenvalue weighted by molar-refractivity contribution is 0.0798. The molecular weight excluding hydrogens is 392 g/mol. The fourth-order valence-electron chi connectivity index (χ4n) is 2.97. The maximum atomic E-state index is 13.0. The molecule has 0 aliphatic rings. The van der Waals surface area contributed by atoms with Crippen LogP contribution in [0.5, 0.6) is 5.75 Å². The molecule has 0 unspecified atom stereocenters. The molecule has 0 spiro atoms. The number of amides is 1. The predicted octanol–water partition coefficient (Wildman–Crippen LogP) is 3.14. The summed E-state index contributed by atoms with van der Waals surface area (Å²) in [5.41, 5.74) is 1.95. The molecule has 1 amide bonds. The molecule has 1 heterocycles. The monoisotopic (exact) mass is 416 g/mol. The highest BCUT2D eigenvalue weighted by Gasteiger charge is 2.20. The summed E-state index contributed by atoms with van der Waals surface area (Å²) < 4.78 is 34.1. The van der Waals surface area contributed by atoms with Crippen molar-refractivity contribution in [1.29, 1.82) is 0 Å². The molecule has 1 aromatic heterocycles. The fraction of sp³-hybridized carbons (Fsp3) is 0.333. The van der Waals surface area contributed by atoms with Crippen LogP contribution in [0.1, 0.15) is 27.4 Å². The second-order valence-corrected chi connectivity index (χ2v) is 9.40. The Morgan fingerprint density at radius 3 is 2.41 bits per heavy atom. The van der Waals surface area contributed by atoms with Gasteiger partial charge in [-0.3, -0.25) is 4.79 Å². The first-order valence-electron chi connectivity index (χ1n) is 9.16. The molecule has 154 valence electrons. The van der Waals surface area contributed by atoms with Gasteiger partial charge in [0.2, 0.25) is 0 Å². The van der Waals surface area contributed by atoms with Crippen LogP contribution in [0.3, 0.4) is 0 Å². The highest BCUT2D eigenvalue weighted by atomic mass is 32.2. The summed E-state index contributed by atoms with van der Waals surface area (Å²) in [6.07, 6.45) is 1.15. The summed E-state index contributed by atoms with van der Waals surface area (Å²) in [7, 11) is -1.59. The minimum atomic E-state index is -3.17. The Bertz CT molecular complexity index is 1130. The van der Waals surface area contributed by atoms with Crippen molar-refractivity contribution in [1.82, 2.24) is 10.1 Å². The topological polar surface area (TPSA) is 89.7 Å². The Morgan fingerprint density at radius 1 is 1.17 bits per heavy atom. The molecule has 0 radical (unpaired) electrons. The van der Waals surface area contributed by atoms with E-state index >= 15 is 0 Å². The Kier molecular flexibility index (Phi) is 5.93. The van der Waals surface area contributed by atoms with Crippen LogP contribution in [0.2, 0.25) is 0 Å². The van der Waals surface area contributed by atoms with E-state index in [0.717, 1.165) is 28.3 Å². The van der Waals surface area contributed by atoms with Gasteiger partial charge in [0, 0.05) is 19.8 Å².